The lowest BCUT2D eigenvalue weighted by Crippen LogP contribution is -2.35. The second-order valence-electron chi connectivity index (χ2n) is 4.00. The summed E-state index contributed by atoms with van der Waals surface area (Å²) in [6.45, 7) is 0. The third-order valence-electron chi connectivity index (χ3n) is 2.59. The number of nitrogens with one attached hydrogen (secondary N) is 1. The van der Waals surface area contributed by atoms with Gasteiger partial charge < -0.3 is 5.32 Å². The maximum atomic E-state index is 13.4. The first-order valence-corrected chi connectivity index (χ1v) is 6.13. The Morgan fingerprint density at radius 3 is 2.19 bits per heavy atom. The van der Waals surface area contributed by atoms with Crippen LogP contribution in [0.4, 0.5) is 27.8 Å². The SMILES string of the molecule is CNc1nc(C(F)(F)C(F)(F)F)nc2c(Cl)cc(Cl)cc12. The van der Waals surface area contributed by atoms with Gasteiger partial charge in [0.25, 0.3) is 0 Å². The molecule has 0 fully saturated rings. The van der Waals surface area contributed by atoms with Crippen LogP contribution in [0, 0.1) is 0 Å². The van der Waals surface area contributed by atoms with E-state index in [0.29, 0.717) is 0 Å². The van der Waals surface area contributed by atoms with Gasteiger partial charge >= 0.3 is 12.1 Å². The molecule has 114 valence electrons. The van der Waals surface area contributed by atoms with Crippen LogP contribution in [0.5, 0.6) is 0 Å². The van der Waals surface area contributed by atoms with Crippen molar-refractivity contribution in [3.63, 3.8) is 0 Å². The Bertz CT molecular complexity index is 702. The first-order valence-electron chi connectivity index (χ1n) is 5.37. The largest absolute Gasteiger partial charge is 0.461 e. The molecular formula is C11H6Cl2F5N3. The fraction of sp³-hybridized carbons (Fsp3) is 0.273. The average molecular weight is 346 g/mol. The number of hydrogen-bond acceptors (Lipinski definition) is 3. The van der Waals surface area contributed by atoms with E-state index in [2.05, 4.69) is 15.3 Å². The highest BCUT2D eigenvalue weighted by molar-refractivity contribution is 6.38. The van der Waals surface area contributed by atoms with Crippen molar-refractivity contribution in [3.8, 4) is 0 Å². The Hall–Kier alpha value is -1.41. The van der Waals surface area contributed by atoms with E-state index < -0.39 is 17.9 Å². The summed E-state index contributed by atoms with van der Waals surface area (Å²) in [5.41, 5.74) is -0.251. The molecule has 1 aromatic carbocycles. The molecule has 0 aliphatic carbocycles. The maximum absolute atomic E-state index is 13.4. The number of anilines is 1. The Morgan fingerprint density at radius 2 is 1.67 bits per heavy atom. The van der Waals surface area contributed by atoms with E-state index in [9.17, 15) is 22.0 Å². The molecule has 2 aromatic rings. The fourth-order valence-corrected chi connectivity index (χ4v) is 2.15. The van der Waals surface area contributed by atoms with E-state index in [1.165, 1.54) is 19.2 Å². The summed E-state index contributed by atoms with van der Waals surface area (Å²) in [5, 5.41) is 2.57. The highest BCUT2D eigenvalue weighted by atomic mass is 35.5. The molecule has 0 saturated carbocycles. The molecule has 2 rings (SSSR count). The topological polar surface area (TPSA) is 37.8 Å². The van der Waals surface area contributed by atoms with Crippen molar-refractivity contribution < 1.29 is 22.0 Å². The van der Waals surface area contributed by atoms with Crippen molar-refractivity contribution in [3.05, 3.63) is 28.0 Å². The molecule has 0 aliphatic heterocycles. The van der Waals surface area contributed by atoms with Crippen molar-refractivity contribution in [1.29, 1.82) is 0 Å². The molecule has 21 heavy (non-hydrogen) atoms. The van der Waals surface area contributed by atoms with Gasteiger partial charge in [0.1, 0.15) is 5.82 Å². The van der Waals surface area contributed by atoms with Crippen molar-refractivity contribution in [2.45, 2.75) is 12.1 Å². The third-order valence-corrected chi connectivity index (χ3v) is 3.10. The highest BCUT2D eigenvalue weighted by Gasteiger charge is 2.61. The minimum atomic E-state index is -5.81. The molecule has 3 nitrogen and oxygen atoms in total. The summed E-state index contributed by atoms with van der Waals surface area (Å²) >= 11 is 11.6. The predicted molar refractivity (Wildman–Crippen MR) is 69.1 cm³/mol. The number of benzene rings is 1. The van der Waals surface area contributed by atoms with Crippen molar-refractivity contribution in [2.75, 3.05) is 12.4 Å². The van der Waals surface area contributed by atoms with Gasteiger partial charge in [-0.15, -0.1) is 0 Å². The Labute approximate surface area is 125 Å². The standard InChI is InChI=1S/C11H6Cl2F5N3/c1-19-8-5-2-4(12)3-6(13)7(5)20-9(21-8)10(14,15)11(16,17)18/h2-3H,1H3,(H,19,20,21). The number of rotatable bonds is 2. The van der Waals surface area contributed by atoms with Crippen LogP contribution in [0.2, 0.25) is 10.0 Å². The molecule has 0 unspecified atom stereocenters. The van der Waals surface area contributed by atoms with E-state index in [1.54, 1.807) is 0 Å². The second kappa shape index (κ2) is 5.10. The number of halogens is 7. The van der Waals surface area contributed by atoms with E-state index >= 15 is 0 Å². The summed E-state index contributed by atoms with van der Waals surface area (Å²) in [7, 11) is 1.31. The van der Waals surface area contributed by atoms with Crippen LogP contribution in [0.1, 0.15) is 5.82 Å². The molecule has 1 heterocycles. The van der Waals surface area contributed by atoms with Crippen LogP contribution in [0.25, 0.3) is 10.9 Å². The number of fused-ring (bicyclic) bond motifs is 1. The number of nitrogens with zero attached hydrogens (tertiary/aromatic N) is 2. The van der Waals surface area contributed by atoms with Gasteiger partial charge in [0.15, 0.2) is 0 Å². The third kappa shape index (κ3) is 2.69. The lowest BCUT2D eigenvalue weighted by Gasteiger charge is -2.19. The molecule has 1 N–H and O–H groups in total. The highest BCUT2D eigenvalue weighted by Crippen LogP contribution is 2.43. The van der Waals surface area contributed by atoms with Gasteiger partial charge in [0, 0.05) is 17.5 Å². The van der Waals surface area contributed by atoms with Crippen molar-refractivity contribution in [1.82, 2.24) is 9.97 Å². The predicted octanol–water partition coefficient (Wildman–Crippen LogP) is 4.63. The monoisotopic (exact) mass is 345 g/mol. The fourth-order valence-electron chi connectivity index (χ4n) is 1.61. The van der Waals surface area contributed by atoms with Gasteiger partial charge in [-0.2, -0.15) is 22.0 Å². The molecule has 10 heteroatoms. The Kier molecular flexibility index (Phi) is 3.88. The minimum absolute atomic E-state index is 0.136. The van der Waals surface area contributed by atoms with Crippen LogP contribution in [-0.4, -0.2) is 23.2 Å². The minimum Gasteiger partial charge on any atom is -0.373 e. The molecule has 0 spiro atoms. The second-order valence-corrected chi connectivity index (χ2v) is 4.85. The zero-order valence-electron chi connectivity index (χ0n) is 10.2. The van der Waals surface area contributed by atoms with Gasteiger partial charge in [-0.05, 0) is 12.1 Å². The lowest BCUT2D eigenvalue weighted by atomic mass is 10.2. The Balaban J connectivity index is 2.80. The molecule has 0 amide bonds. The number of hydrogen-bond donors (Lipinski definition) is 1. The van der Waals surface area contributed by atoms with Gasteiger partial charge in [-0.3, -0.25) is 0 Å². The van der Waals surface area contributed by atoms with Gasteiger partial charge in [0.05, 0.1) is 10.5 Å². The first-order chi connectivity index (χ1) is 9.57. The molecule has 0 radical (unpaired) electrons. The summed E-state index contributed by atoms with van der Waals surface area (Å²) in [6.07, 6.45) is -5.81. The molecular weight excluding hydrogens is 340 g/mol. The lowest BCUT2D eigenvalue weighted by molar-refractivity contribution is -0.292. The van der Waals surface area contributed by atoms with Crippen LogP contribution in [0.15, 0.2) is 12.1 Å². The molecule has 1 aromatic heterocycles. The van der Waals surface area contributed by atoms with Gasteiger partial charge in [-0.1, -0.05) is 23.2 Å². The van der Waals surface area contributed by atoms with Gasteiger partial charge in [0.2, 0.25) is 5.82 Å². The average Bonchev–Trinajstić information content (AvgIpc) is 2.36. The zero-order valence-corrected chi connectivity index (χ0v) is 11.7. The van der Waals surface area contributed by atoms with Crippen LogP contribution >= 0.6 is 23.2 Å². The van der Waals surface area contributed by atoms with Crippen LogP contribution < -0.4 is 5.32 Å². The van der Waals surface area contributed by atoms with Crippen LogP contribution in [-0.2, 0) is 5.92 Å². The van der Waals surface area contributed by atoms with E-state index in [1.807, 2.05) is 0 Å². The molecule has 0 saturated heterocycles. The summed E-state index contributed by atoms with van der Waals surface area (Å²) in [5.74, 6) is -7.12. The summed E-state index contributed by atoms with van der Waals surface area (Å²) < 4.78 is 64.0. The first kappa shape index (κ1) is 16.0. The van der Waals surface area contributed by atoms with Gasteiger partial charge in [-0.25, -0.2) is 9.97 Å². The van der Waals surface area contributed by atoms with Crippen molar-refractivity contribution in [2.24, 2.45) is 0 Å². The number of aromatic nitrogens is 2. The van der Waals surface area contributed by atoms with E-state index in [-0.39, 0.29) is 26.8 Å². The smallest absolute Gasteiger partial charge is 0.373 e. The van der Waals surface area contributed by atoms with E-state index in [4.69, 9.17) is 23.2 Å². The molecule has 0 atom stereocenters. The normalized spacial score (nSPS) is 12.8. The van der Waals surface area contributed by atoms with Crippen LogP contribution in [0.3, 0.4) is 0 Å². The number of alkyl halides is 5. The quantitative estimate of drug-likeness (QED) is 0.806. The summed E-state index contributed by atoms with van der Waals surface area (Å²) in [4.78, 5) is 6.48. The summed E-state index contributed by atoms with van der Waals surface area (Å²) in [6, 6.07) is 2.50. The molecule has 0 aliphatic rings. The zero-order chi connectivity index (χ0) is 16.0. The maximum Gasteiger partial charge on any atom is 0.461 e. The van der Waals surface area contributed by atoms with Crippen molar-refractivity contribution >= 4 is 39.9 Å². The molecule has 0 bridgehead atoms. The van der Waals surface area contributed by atoms with E-state index in [0.717, 1.165) is 0 Å². The Morgan fingerprint density at radius 1 is 1.05 bits per heavy atom.